The van der Waals surface area contributed by atoms with Gasteiger partial charge in [0.1, 0.15) is 0 Å². The molecule has 1 fully saturated rings. The third-order valence-corrected chi connectivity index (χ3v) is 3.52. The minimum absolute atomic E-state index is 1.07. The Morgan fingerprint density at radius 2 is 2.06 bits per heavy atom. The summed E-state index contributed by atoms with van der Waals surface area (Å²) in [5.74, 6) is 0. The first-order valence-corrected chi connectivity index (χ1v) is 6.66. The van der Waals surface area contributed by atoms with Gasteiger partial charge in [-0.15, -0.1) is 0 Å². The molecular weight excluding hydrogens is 222 g/mol. The highest BCUT2D eigenvalue weighted by Gasteiger charge is 2.09. The first-order chi connectivity index (χ1) is 8.83. The van der Waals surface area contributed by atoms with Crippen LogP contribution in [0.2, 0.25) is 0 Å². The molecule has 18 heavy (non-hydrogen) atoms. The van der Waals surface area contributed by atoms with Gasteiger partial charge < -0.3 is 10.2 Å². The SMILES string of the molecule is Cc1ccc2cc(N3CCCNCC3)ccc2n1. The normalized spacial score (nSPS) is 16.8. The number of hydrogen-bond acceptors (Lipinski definition) is 3. The molecule has 1 aromatic carbocycles. The quantitative estimate of drug-likeness (QED) is 0.830. The average Bonchev–Trinajstić information content (AvgIpc) is 2.67. The minimum atomic E-state index is 1.07. The van der Waals surface area contributed by atoms with Crippen LogP contribution in [0, 0.1) is 6.92 Å². The number of aromatic nitrogens is 1. The van der Waals surface area contributed by atoms with Crippen LogP contribution in [0.3, 0.4) is 0 Å². The van der Waals surface area contributed by atoms with Crippen LogP contribution in [-0.4, -0.2) is 31.2 Å². The van der Waals surface area contributed by atoms with Crippen LogP contribution in [0.25, 0.3) is 10.9 Å². The summed E-state index contributed by atoms with van der Waals surface area (Å²) in [4.78, 5) is 7.01. The summed E-state index contributed by atoms with van der Waals surface area (Å²) < 4.78 is 0. The van der Waals surface area contributed by atoms with Crippen molar-refractivity contribution in [1.82, 2.24) is 10.3 Å². The molecule has 0 spiro atoms. The number of anilines is 1. The number of hydrogen-bond donors (Lipinski definition) is 1. The summed E-state index contributed by atoms with van der Waals surface area (Å²) >= 11 is 0. The number of nitrogens with zero attached hydrogens (tertiary/aromatic N) is 2. The molecule has 0 radical (unpaired) electrons. The Hall–Kier alpha value is -1.61. The van der Waals surface area contributed by atoms with Crippen LogP contribution in [0.15, 0.2) is 30.3 Å². The average molecular weight is 241 g/mol. The summed E-state index contributed by atoms with van der Waals surface area (Å²) in [6.07, 6.45) is 1.21. The molecule has 1 saturated heterocycles. The predicted octanol–water partition coefficient (Wildman–Crippen LogP) is 2.34. The smallest absolute Gasteiger partial charge is 0.0706 e. The van der Waals surface area contributed by atoms with E-state index in [2.05, 4.69) is 45.5 Å². The molecule has 2 aromatic rings. The lowest BCUT2D eigenvalue weighted by atomic mass is 10.1. The molecule has 1 aliphatic rings. The van der Waals surface area contributed by atoms with E-state index in [1.165, 1.54) is 17.5 Å². The number of nitrogens with one attached hydrogen (secondary N) is 1. The van der Waals surface area contributed by atoms with Crippen molar-refractivity contribution in [3.63, 3.8) is 0 Å². The summed E-state index contributed by atoms with van der Waals surface area (Å²) in [5.41, 5.74) is 3.48. The van der Waals surface area contributed by atoms with Crippen LogP contribution >= 0.6 is 0 Å². The van der Waals surface area contributed by atoms with E-state index in [1.807, 2.05) is 6.92 Å². The standard InChI is InChI=1S/C15H19N3/c1-12-3-4-13-11-14(5-6-15(13)17-12)18-9-2-7-16-8-10-18/h3-6,11,16H,2,7-10H2,1H3. The molecular formula is C15H19N3. The van der Waals surface area contributed by atoms with E-state index in [-0.39, 0.29) is 0 Å². The van der Waals surface area contributed by atoms with Gasteiger partial charge >= 0.3 is 0 Å². The van der Waals surface area contributed by atoms with Crippen LogP contribution in [0.4, 0.5) is 5.69 Å². The Kier molecular flexibility index (Phi) is 3.15. The molecule has 0 unspecified atom stereocenters. The van der Waals surface area contributed by atoms with Crippen molar-refractivity contribution in [1.29, 1.82) is 0 Å². The molecule has 1 N–H and O–H groups in total. The number of rotatable bonds is 1. The Bertz CT molecular complexity index is 542. The number of benzene rings is 1. The molecule has 1 aliphatic heterocycles. The van der Waals surface area contributed by atoms with Crippen LogP contribution in [0.1, 0.15) is 12.1 Å². The number of fused-ring (bicyclic) bond motifs is 1. The van der Waals surface area contributed by atoms with E-state index in [9.17, 15) is 0 Å². The zero-order valence-corrected chi connectivity index (χ0v) is 10.8. The van der Waals surface area contributed by atoms with Crippen LogP contribution < -0.4 is 10.2 Å². The molecule has 3 nitrogen and oxygen atoms in total. The third kappa shape index (κ3) is 2.31. The summed E-state index contributed by atoms with van der Waals surface area (Å²) in [5, 5.41) is 4.67. The second-order valence-electron chi connectivity index (χ2n) is 4.92. The molecule has 94 valence electrons. The summed E-state index contributed by atoms with van der Waals surface area (Å²) in [6.45, 7) is 6.46. The fourth-order valence-electron chi connectivity index (χ4n) is 2.52. The highest BCUT2D eigenvalue weighted by molar-refractivity contribution is 5.82. The van der Waals surface area contributed by atoms with E-state index in [0.717, 1.165) is 37.4 Å². The van der Waals surface area contributed by atoms with Gasteiger partial charge in [0, 0.05) is 36.4 Å². The molecule has 0 aliphatic carbocycles. The van der Waals surface area contributed by atoms with E-state index in [4.69, 9.17) is 0 Å². The van der Waals surface area contributed by atoms with Crippen LogP contribution in [-0.2, 0) is 0 Å². The lowest BCUT2D eigenvalue weighted by Gasteiger charge is -2.22. The van der Waals surface area contributed by atoms with E-state index in [0.29, 0.717) is 0 Å². The second-order valence-corrected chi connectivity index (χ2v) is 4.92. The Labute approximate surface area is 108 Å². The maximum Gasteiger partial charge on any atom is 0.0706 e. The molecule has 0 bridgehead atoms. The fourth-order valence-corrected chi connectivity index (χ4v) is 2.52. The van der Waals surface area contributed by atoms with Gasteiger partial charge in [0.15, 0.2) is 0 Å². The summed E-state index contributed by atoms with van der Waals surface area (Å²) in [7, 11) is 0. The van der Waals surface area contributed by atoms with Gasteiger partial charge in [-0.2, -0.15) is 0 Å². The third-order valence-electron chi connectivity index (χ3n) is 3.52. The van der Waals surface area contributed by atoms with Crippen molar-refractivity contribution in [2.75, 3.05) is 31.1 Å². The van der Waals surface area contributed by atoms with Crippen molar-refractivity contribution < 1.29 is 0 Å². The van der Waals surface area contributed by atoms with E-state index >= 15 is 0 Å². The van der Waals surface area contributed by atoms with Gasteiger partial charge in [0.05, 0.1) is 5.52 Å². The zero-order chi connectivity index (χ0) is 12.4. The van der Waals surface area contributed by atoms with E-state index < -0.39 is 0 Å². The number of aryl methyl sites for hydroxylation is 1. The Morgan fingerprint density at radius 3 is 3.00 bits per heavy atom. The lowest BCUT2D eigenvalue weighted by molar-refractivity contribution is 0.724. The molecule has 3 heteroatoms. The number of pyridine rings is 1. The first-order valence-electron chi connectivity index (χ1n) is 6.66. The van der Waals surface area contributed by atoms with E-state index in [1.54, 1.807) is 0 Å². The maximum absolute atomic E-state index is 4.55. The largest absolute Gasteiger partial charge is 0.370 e. The minimum Gasteiger partial charge on any atom is -0.370 e. The van der Waals surface area contributed by atoms with Gasteiger partial charge in [-0.25, -0.2) is 0 Å². The molecule has 3 rings (SSSR count). The lowest BCUT2D eigenvalue weighted by Crippen LogP contribution is -2.27. The van der Waals surface area contributed by atoms with Gasteiger partial charge in [-0.05, 0) is 44.2 Å². The fraction of sp³-hybridized carbons (Fsp3) is 0.400. The van der Waals surface area contributed by atoms with Crippen molar-refractivity contribution in [3.8, 4) is 0 Å². The predicted molar refractivity (Wildman–Crippen MR) is 76.2 cm³/mol. The Balaban J connectivity index is 1.94. The molecule has 1 aromatic heterocycles. The molecule has 2 heterocycles. The van der Waals surface area contributed by atoms with Gasteiger partial charge in [0.2, 0.25) is 0 Å². The highest BCUT2D eigenvalue weighted by atomic mass is 15.2. The first kappa shape index (κ1) is 11.5. The monoisotopic (exact) mass is 241 g/mol. The zero-order valence-electron chi connectivity index (χ0n) is 10.8. The Morgan fingerprint density at radius 1 is 1.11 bits per heavy atom. The maximum atomic E-state index is 4.55. The van der Waals surface area contributed by atoms with Crippen molar-refractivity contribution in [3.05, 3.63) is 36.0 Å². The van der Waals surface area contributed by atoms with Crippen molar-refractivity contribution in [2.24, 2.45) is 0 Å². The summed E-state index contributed by atoms with van der Waals surface area (Å²) in [6, 6.07) is 10.8. The molecule has 0 saturated carbocycles. The topological polar surface area (TPSA) is 28.2 Å². The molecule has 0 atom stereocenters. The second kappa shape index (κ2) is 4.94. The van der Waals surface area contributed by atoms with Crippen molar-refractivity contribution in [2.45, 2.75) is 13.3 Å². The van der Waals surface area contributed by atoms with Gasteiger partial charge in [-0.3, -0.25) is 4.98 Å². The van der Waals surface area contributed by atoms with Gasteiger partial charge in [0.25, 0.3) is 0 Å². The van der Waals surface area contributed by atoms with Crippen molar-refractivity contribution >= 4 is 16.6 Å². The highest BCUT2D eigenvalue weighted by Crippen LogP contribution is 2.21. The van der Waals surface area contributed by atoms with Crippen LogP contribution in [0.5, 0.6) is 0 Å². The van der Waals surface area contributed by atoms with Gasteiger partial charge in [-0.1, -0.05) is 6.07 Å². The molecule has 0 amide bonds.